The predicted molar refractivity (Wildman–Crippen MR) is 95.5 cm³/mol. The van der Waals surface area contributed by atoms with E-state index in [1.54, 1.807) is 0 Å². The molecule has 0 aromatic rings. The molecule has 0 heterocycles. The van der Waals surface area contributed by atoms with E-state index in [4.69, 9.17) is 0 Å². The molecule has 0 saturated heterocycles. The fourth-order valence-electron chi connectivity index (χ4n) is 6.10. The summed E-state index contributed by atoms with van der Waals surface area (Å²) in [6.45, 7) is 10.9. The molecule has 3 rings (SSSR count). The van der Waals surface area contributed by atoms with E-state index in [1.165, 1.54) is 0 Å². The van der Waals surface area contributed by atoms with Gasteiger partial charge in [0.25, 0.3) is 0 Å². The number of aliphatic hydroxyl groups is 2. The van der Waals surface area contributed by atoms with Gasteiger partial charge in [0.15, 0.2) is 5.78 Å². The van der Waals surface area contributed by atoms with Gasteiger partial charge in [0.05, 0.1) is 5.60 Å². The molecule has 2 saturated carbocycles. The summed E-state index contributed by atoms with van der Waals surface area (Å²) in [4.78, 5) is 13.1. The lowest BCUT2D eigenvalue weighted by Crippen LogP contribution is -2.62. The van der Waals surface area contributed by atoms with Gasteiger partial charge in [-0.3, -0.25) is 4.79 Å². The maximum atomic E-state index is 13.1. The molecular weight excluding hydrogens is 300 g/mol. The van der Waals surface area contributed by atoms with E-state index in [9.17, 15) is 15.0 Å². The van der Waals surface area contributed by atoms with Gasteiger partial charge in [-0.1, -0.05) is 41.0 Å². The average molecular weight is 335 g/mol. The van der Waals surface area contributed by atoms with Gasteiger partial charge in [-0.25, -0.2) is 0 Å². The van der Waals surface area contributed by atoms with Crippen molar-refractivity contribution in [3.63, 3.8) is 0 Å². The Balaban J connectivity index is 2.10. The summed E-state index contributed by atoms with van der Waals surface area (Å²) in [5.41, 5.74) is -0.340. The van der Waals surface area contributed by atoms with Crippen molar-refractivity contribution in [2.24, 2.45) is 28.1 Å². The predicted octanol–water partition coefficient (Wildman–Crippen LogP) is 3.88. The minimum atomic E-state index is -0.847. The van der Waals surface area contributed by atoms with E-state index >= 15 is 0 Å². The average Bonchev–Trinajstić information content (AvgIpc) is 2.51. The van der Waals surface area contributed by atoms with Crippen LogP contribution in [0, 0.1) is 28.1 Å². The first-order chi connectivity index (χ1) is 11.0. The lowest BCUT2D eigenvalue weighted by Gasteiger charge is -2.65. The van der Waals surface area contributed by atoms with Gasteiger partial charge < -0.3 is 10.2 Å². The summed E-state index contributed by atoms with van der Waals surface area (Å²) in [7, 11) is 0. The molecule has 0 spiro atoms. The third kappa shape index (κ3) is 2.13. The Kier molecular flexibility index (Phi) is 4.09. The summed E-state index contributed by atoms with van der Waals surface area (Å²) in [5, 5.41) is 21.1. The van der Waals surface area contributed by atoms with Crippen molar-refractivity contribution in [3.05, 3.63) is 11.6 Å². The van der Waals surface area contributed by atoms with Crippen LogP contribution in [-0.4, -0.2) is 28.2 Å². The second-order valence-corrected chi connectivity index (χ2v) is 9.76. The summed E-state index contributed by atoms with van der Waals surface area (Å²) >= 11 is 0. The molecule has 3 aliphatic carbocycles. The highest BCUT2D eigenvalue weighted by Crippen LogP contribution is 2.69. The van der Waals surface area contributed by atoms with Crippen LogP contribution < -0.4 is 0 Å². The van der Waals surface area contributed by atoms with E-state index < -0.39 is 5.60 Å². The molecule has 0 aromatic carbocycles. The molecule has 0 aromatic heterocycles. The van der Waals surface area contributed by atoms with Crippen LogP contribution in [-0.2, 0) is 4.79 Å². The molecule has 0 amide bonds. The molecular formula is C21H34O3. The highest BCUT2D eigenvalue weighted by Gasteiger charge is 2.65. The van der Waals surface area contributed by atoms with Crippen LogP contribution in [0.25, 0.3) is 0 Å². The highest BCUT2D eigenvalue weighted by atomic mass is 16.3. The van der Waals surface area contributed by atoms with E-state index in [0.29, 0.717) is 6.42 Å². The first-order valence-electron chi connectivity index (χ1n) is 9.62. The van der Waals surface area contributed by atoms with Gasteiger partial charge in [0.1, 0.15) is 0 Å². The Labute approximate surface area is 146 Å². The van der Waals surface area contributed by atoms with Crippen molar-refractivity contribution in [3.8, 4) is 0 Å². The van der Waals surface area contributed by atoms with Crippen LogP contribution in [0.4, 0.5) is 0 Å². The molecule has 2 N–H and O–H groups in total. The second-order valence-electron chi connectivity index (χ2n) is 9.76. The van der Waals surface area contributed by atoms with Gasteiger partial charge in [-0.2, -0.15) is 0 Å². The zero-order chi connectivity index (χ0) is 18.0. The quantitative estimate of drug-likeness (QED) is 0.806. The Morgan fingerprint density at radius 2 is 1.88 bits per heavy atom. The zero-order valence-corrected chi connectivity index (χ0v) is 16.0. The number of carbonyl (C=O) groups excluding carboxylic acids is 1. The van der Waals surface area contributed by atoms with E-state index in [2.05, 4.69) is 20.8 Å². The zero-order valence-electron chi connectivity index (χ0n) is 16.0. The normalized spacial score (nSPS) is 48.8. The van der Waals surface area contributed by atoms with Gasteiger partial charge >= 0.3 is 0 Å². The van der Waals surface area contributed by atoms with Crippen LogP contribution >= 0.6 is 0 Å². The van der Waals surface area contributed by atoms with E-state index in [-0.39, 0.29) is 40.5 Å². The first kappa shape index (κ1) is 18.1. The van der Waals surface area contributed by atoms with Gasteiger partial charge in [0, 0.05) is 13.0 Å². The minimum Gasteiger partial charge on any atom is -0.396 e. The summed E-state index contributed by atoms with van der Waals surface area (Å²) in [6.07, 6.45) is 7.21. The fraction of sp³-hybridized carbons (Fsp3) is 0.857. The topological polar surface area (TPSA) is 57.5 Å². The van der Waals surface area contributed by atoms with Crippen molar-refractivity contribution < 1.29 is 15.0 Å². The number of hydrogen-bond acceptors (Lipinski definition) is 3. The van der Waals surface area contributed by atoms with Crippen LogP contribution in [0.3, 0.4) is 0 Å². The van der Waals surface area contributed by atoms with Crippen LogP contribution in [0.1, 0.15) is 73.1 Å². The molecule has 136 valence electrons. The molecule has 3 nitrogen and oxygen atoms in total. The molecule has 24 heavy (non-hydrogen) atoms. The molecule has 3 heteroatoms. The second kappa shape index (κ2) is 5.41. The number of aliphatic hydroxyl groups excluding tert-OH is 1. The summed E-state index contributed by atoms with van der Waals surface area (Å²) in [5.74, 6) is 0.531. The van der Waals surface area contributed by atoms with Crippen molar-refractivity contribution >= 4 is 5.78 Å². The summed E-state index contributed by atoms with van der Waals surface area (Å²) in [6, 6.07) is 0. The molecule has 0 unspecified atom stereocenters. The van der Waals surface area contributed by atoms with Crippen molar-refractivity contribution in [2.75, 3.05) is 6.61 Å². The highest BCUT2D eigenvalue weighted by molar-refractivity contribution is 5.98. The number of hydrogen-bond donors (Lipinski definition) is 2. The fourth-order valence-corrected chi connectivity index (χ4v) is 6.10. The molecule has 5 atom stereocenters. The maximum Gasteiger partial charge on any atom is 0.159 e. The lowest BCUT2D eigenvalue weighted by molar-refractivity contribution is -0.173. The van der Waals surface area contributed by atoms with E-state index in [1.807, 2.05) is 19.9 Å². The third-order valence-electron chi connectivity index (χ3n) is 8.59. The number of carbonyl (C=O) groups is 1. The van der Waals surface area contributed by atoms with E-state index in [0.717, 1.165) is 37.7 Å². The van der Waals surface area contributed by atoms with Crippen LogP contribution in [0.15, 0.2) is 11.6 Å². The number of fused-ring (bicyclic) bond motifs is 3. The van der Waals surface area contributed by atoms with Crippen LogP contribution in [0.2, 0.25) is 0 Å². The third-order valence-corrected chi connectivity index (χ3v) is 8.59. The number of allylic oxidation sites excluding steroid dienone is 1. The first-order valence-corrected chi connectivity index (χ1v) is 9.62. The Morgan fingerprint density at radius 1 is 1.21 bits per heavy atom. The summed E-state index contributed by atoms with van der Waals surface area (Å²) < 4.78 is 0. The Morgan fingerprint density at radius 3 is 2.46 bits per heavy atom. The maximum absolute atomic E-state index is 13.1. The van der Waals surface area contributed by atoms with Crippen molar-refractivity contribution in [2.45, 2.75) is 78.7 Å². The van der Waals surface area contributed by atoms with Crippen molar-refractivity contribution in [1.82, 2.24) is 0 Å². The SMILES string of the molecule is CC(C)[C@]1(O)C=C2C(=O)C[C@@]3(C)[C@](C)(CO)CCC[C@]3(C)[C@H]2CC1. The Hall–Kier alpha value is -0.670. The van der Waals surface area contributed by atoms with Crippen LogP contribution in [0.5, 0.6) is 0 Å². The van der Waals surface area contributed by atoms with Gasteiger partial charge in [-0.05, 0) is 65.4 Å². The number of ketones is 1. The molecule has 3 aliphatic rings. The molecule has 0 bridgehead atoms. The lowest BCUT2D eigenvalue weighted by atomic mass is 9.38. The molecule has 0 aliphatic heterocycles. The largest absolute Gasteiger partial charge is 0.396 e. The molecule has 2 fully saturated rings. The monoisotopic (exact) mass is 334 g/mol. The number of Topliss-reactive ketones (excluding diaryl/α,β-unsaturated/α-hetero) is 1. The smallest absolute Gasteiger partial charge is 0.159 e. The van der Waals surface area contributed by atoms with Gasteiger partial charge in [-0.15, -0.1) is 0 Å². The Bertz CT molecular complexity index is 580. The standard InChI is InChI=1S/C21H34O3/c1-14(2)21(24)10-7-16-15(11-21)17(23)12-20(5)18(3,13-22)8-6-9-19(16,20)4/h11,14,16,22,24H,6-10,12-13H2,1-5H3/t16-,18-,19+,20-,21+/m0/s1. The minimum absolute atomic E-state index is 0.0147. The molecule has 0 radical (unpaired) electrons. The number of rotatable bonds is 2. The van der Waals surface area contributed by atoms with Gasteiger partial charge in [0.2, 0.25) is 0 Å². The van der Waals surface area contributed by atoms with Crippen molar-refractivity contribution in [1.29, 1.82) is 0 Å².